The summed E-state index contributed by atoms with van der Waals surface area (Å²) in [4.78, 5) is 9.23. The van der Waals surface area contributed by atoms with Crippen LogP contribution in [0.1, 0.15) is 107 Å². The first-order chi connectivity index (χ1) is 11.1. The molecule has 0 aromatic rings. The molecule has 0 heterocycles. The standard InChI is InChI=1S/C18H39O4P.2Na.2H/c1-3-5-6-7-8-9-10-11-12-13-14-15-16-17-18-22-23(19,20)21-4-2;;;;/h3-18H2,1-2H3,(H,19,20);;;;/q;2*+1;2*-1. The second kappa shape index (κ2) is 24.1. The largest absolute Gasteiger partial charge is 1.00 e. The van der Waals surface area contributed by atoms with Crippen molar-refractivity contribution in [2.45, 2.75) is 104 Å². The molecule has 0 aliphatic heterocycles. The summed E-state index contributed by atoms with van der Waals surface area (Å²) in [6.45, 7) is 4.45. The third-order valence-electron chi connectivity index (χ3n) is 4.04. The molecule has 0 saturated carbocycles. The first kappa shape index (κ1) is 31.8. The van der Waals surface area contributed by atoms with Crippen LogP contribution in [-0.4, -0.2) is 18.1 Å². The Labute approximate surface area is 203 Å². The number of unbranched alkanes of at least 4 members (excludes halogenated alkanes) is 13. The summed E-state index contributed by atoms with van der Waals surface area (Å²) in [5, 5.41) is 0. The Morgan fingerprint density at radius 3 is 1.40 bits per heavy atom. The molecule has 0 saturated heterocycles. The molecule has 0 amide bonds. The third-order valence-corrected chi connectivity index (χ3v) is 5.14. The van der Waals surface area contributed by atoms with E-state index in [1.807, 2.05) is 0 Å². The second-order valence-corrected chi connectivity index (χ2v) is 7.77. The SMILES string of the molecule is CCCCCCCCCCCCCCCCOP(=O)(O)OCC.[H-].[H-].[Na+].[Na+]. The number of phosphoric ester groups is 1. The van der Waals surface area contributed by atoms with Crippen molar-refractivity contribution in [3.8, 4) is 0 Å². The van der Waals surface area contributed by atoms with Crippen molar-refractivity contribution in [3.63, 3.8) is 0 Å². The van der Waals surface area contributed by atoms with E-state index in [2.05, 4.69) is 11.4 Å². The van der Waals surface area contributed by atoms with Crippen molar-refractivity contribution in [1.82, 2.24) is 0 Å². The van der Waals surface area contributed by atoms with Crippen LogP contribution in [-0.2, 0) is 13.6 Å². The smallest absolute Gasteiger partial charge is 1.00 e. The minimum absolute atomic E-state index is 0. The zero-order valence-corrected chi connectivity index (χ0v) is 22.3. The average molecular weight is 398 g/mol. The van der Waals surface area contributed by atoms with Crippen LogP contribution >= 0.6 is 7.82 Å². The summed E-state index contributed by atoms with van der Waals surface area (Å²) in [6.07, 6.45) is 18.1. The first-order valence-electron chi connectivity index (χ1n) is 9.74. The molecular weight excluding hydrogens is 357 g/mol. The fourth-order valence-electron chi connectivity index (χ4n) is 2.68. The summed E-state index contributed by atoms with van der Waals surface area (Å²) in [5.74, 6) is 0. The van der Waals surface area contributed by atoms with Gasteiger partial charge in [-0.3, -0.25) is 9.05 Å². The van der Waals surface area contributed by atoms with E-state index in [1.165, 1.54) is 77.0 Å². The molecule has 1 unspecified atom stereocenters. The maximum atomic E-state index is 11.3. The van der Waals surface area contributed by atoms with Crippen LogP contribution in [0.25, 0.3) is 0 Å². The minimum Gasteiger partial charge on any atom is -1.00 e. The van der Waals surface area contributed by atoms with Gasteiger partial charge in [0.05, 0.1) is 13.2 Å². The van der Waals surface area contributed by atoms with Crippen LogP contribution in [0, 0.1) is 0 Å². The molecule has 7 heteroatoms. The van der Waals surface area contributed by atoms with Crippen molar-refractivity contribution >= 4 is 7.82 Å². The average Bonchev–Trinajstić information content (AvgIpc) is 2.51. The van der Waals surface area contributed by atoms with Gasteiger partial charge in [-0.15, -0.1) is 0 Å². The maximum Gasteiger partial charge on any atom is 1.00 e. The van der Waals surface area contributed by atoms with Gasteiger partial charge in [0.25, 0.3) is 0 Å². The maximum absolute atomic E-state index is 11.3. The van der Waals surface area contributed by atoms with E-state index >= 15 is 0 Å². The second-order valence-electron chi connectivity index (χ2n) is 6.32. The Bertz CT molecular complexity index is 305. The van der Waals surface area contributed by atoms with Crippen LogP contribution in [0.4, 0.5) is 0 Å². The molecule has 4 nitrogen and oxygen atoms in total. The molecule has 0 bridgehead atoms. The summed E-state index contributed by atoms with van der Waals surface area (Å²) >= 11 is 0. The molecule has 144 valence electrons. The summed E-state index contributed by atoms with van der Waals surface area (Å²) in [5.41, 5.74) is 0. The van der Waals surface area contributed by atoms with Crippen molar-refractivity contribution in [3.05, 3.63) is 0 Å². The van der Waals surface area contributed by atoms with Crippen LogP contribution < -0.4 is 59.1 Å². The van der Waals surface area contributed by atoms with Crippen molar-refractivity contribution in [2.75, 3.05) is 13.2 Å². The first-order valence-corrected chi connectivity index (χ1v) is 11.2. The fraction of sp³-hybridized carbons (Fsp3) is 1.00. The van der Waals surface area contributed by atoms with Gasteiger partial charge in [-0.25, -0.2) is 4.57 Å². The van der Waals surface area contributed by atoms with Gasteiger partial charge in [-0.1, -0.05) is 90.4 Å². The van der Waals surface area contributed by atoms with Crippen molar-refractivity contribution in [1.29, 1.82) is 0 Å². The molecule has 25 heavy (non-hydrogen) atoms. The molecule has 0 aliphatic carbocycles. The summed E-state index contributed by atoms with van der Waals surface area (Å²) < 4.78 is 20.8. The summed E-state index contributed by atoms with van der Waals surface area (Å²) in [6, 6.07) is 0. The molecule has 0 aromatic heterocycles. The van der Waals surface area contributed by atoms with E-state index in [1.54, 1.807) is 6.92 Å². The van der Waals surface area contributed by atoms with E-state index < -0.39 is 7.82 Å². The molecule has 0 radical (unpaired) electrons. The minimum atomic E-state index is -3.78. The van der Waals surface area contributed by atoms with Gasteiger partial charge in [0.2, 0.25) is 0 Å². The molecule has 1 atom stereocenters. The number of phosphoric acid groups is 1. The van der Waals surface area contributed by atoms with Crippen LogP contribution in [0.2, 0.25) is 0 Å². The molecule has 0 aliphatic rings. The van der Waals surface area contributed by atoms with Crippen molar-refractivity contribution in [2.24, 2.45) is 0 Å². The van der Waals surface area contributed by atoms with E-state index in [0.29, 0.717) is 6.61 Å². The number of hydrogen-bond acceptors (Lipinski definition) is 3. The Hall–Kier alpha value is 2.11. The predicted molar refractivity (Wildman–Crippen MR) is 99.9 cm³/mol. The Kier molecular flexibility index (Phi) is 30.7. The van der Waals surface area contributed by atoms with E-state index in [9.17, 15) is 9.46 Å². The van der Waals surface area contributed by atoms with Gasteiger partial charge in [0.15, 0.2) is 0 Å². The zero-order valence-electron chi connectivity index (χ0n) is 19.4. The fourth-order valence-corrected chi connectivity index (χ4v) is 3.44. The van der Waals surface area contributed by atoms with Gasteiger partial charge < -0.3 is 7.75 Å². The Morgan fingerprint density at radius 2 is 1.04 bits per heavy atom. The summed E-state index contributed by atoms with van der Waals surface area (Å²) in [7, 11) is -3.78. The van der Waals surface area contributed by atoms with Gasteiger partial charge in [-0.2, -0.15) is 0 Å². The van der Waals surface area contributed by atoms with Gasteiger partial charge in [-0.05, 0) is 13.3 Å². The quantitative estimate of drug-likeness (QED) is 0.211. The van der Waals surface area contributed by atoms with E-state index in [4.69, 9.17) is 4.52 Å². The topological polar surface area (TPSA) is 55.8 Å². The van der Waals surface area contributed by atoms with Gasteiger partial charge in [0, 0.05) is 0 Å². The Morgan fingerprint density at radius 1 is 0.680 bits per heavy atom. The van der Waals surface area contributed by atoms with Crippen LogP contribution in [0.5, 0.6) is 0 Å². The molecule has 0 rings (SSSR count). The zero-order chi connectivity index (χ0) is 17.2. The molecular formula is C18H41Na2O4P. The van der Waals surface area contributed by atoms with Crippen molar-refractivity contribution < 1.29 is 80.5 Å². The molecule has 1 N–H and O–H groups in total. The van der Waals surface area contributed by atoms with Gasteiger partial charge in [0.1, 0.15) is 0 Å². The Balaban J connectivity index is -0.000000403. The normalized spacial score (nSPS) is 12.9. The predicted octanol–water partition coefficient (Wildman–Crippen LogP) is 0.854. The number of hydrogen-bond donors (Lipinski definition) is 1. The van der Waals surface area contributed by atoms with Crippen LogP contribution in [0.3, 0.4) is 0 Å². The van der Waals surface area contributed by atoms with E-state index in [-0.39, 0.29) is 68.6 Å². The van der Waals surface area contributed by atoms with Gasteiger partial charge >= 0.3 is 66.9 Å². The molecule has 0 spiro atoms. The molecule has 0 aromatic carbocycles. The van der Waals surface area contributed by atoms with Crippen LogP contribution in [0.15, 0.2) is 0 Å². The monoisotopic (exact) mass is 398 g/mol. The number of rotatable bonds is 18. The van der Waals surface area contributed by atoms with E-state index in [0.717, 1.165) is 12.8 Å². The third kappa shape index (κ3) is 26.1. The molecule has 0 fully saturated rings.